The maximum absolute atomic E-state index is 13.9. The number of nitrogens with zero attached hydrogens (tertiary/aromatic N) is 3. The lowest BCUT2D eigenvalue weighted by molar-refractivity contribution is -0.141. The molecule has 3 heterocycles. The van der Waals surface area contributed by atoms with Crippen molar-refractivity contribution in [1.82, 2.24) is 14.7 Å². The van der Waals surface area contributed by atoms with Crippen LogP contribution in [0.15, 0.2) is 49.2 Å². The van der Waals surface area contributed by atoms with Crippen molar-refractivity contribution in [3.05, 3.63) is 75.2 Å². The monoisotopic (exact) mass is 479 g/mol. The molecule has 0 radical (unpaired) electrons. The smallest absolute Gasteiger partial charge is 0.333 e. The summed E-state index contributed by atoms with van der Waals surface area (Å²) >= 11 is 7.66. The van der Waals surface area contributed by atoms with E-state index in [0.717, 1.165) is 10.4 Å². The summed E-state index contributed by atoms with van der Waals surface area (Å²) in [6, 6.07) is 8.86. The van der Waals surface area contributed by atoms with Crippen molar-refractivity contribution in [3.8, 4) is 11.1 Å². The van der Waals surface area contributed by atoms with Gasteiger partial charge in [0.1, 0.15) is 0 Å². The molecular weight excluding hydrogens is 459 g/mol. The van der Waals surface area contributed by atoms with Crippen molar-refractivity contribution in [2.75, 3.05) is 6.54 Å². The molecule has 1 aromatic carbocycles. The highest BCUT2D eigenvalue weighted by Gasteiger charge is 2.39. The molecular formula is C23H21ClF3N3OS. The van der Waals surface area contributed by atoms with Crippen LogP contribution in [0.3, 0.4) is 0 Å². The maximum Gasteiger partial charge on any atom is 0.435 e. The predicted octanol–water partition coefficient (Wildman–Crippen LogP) is 6.35. The highest BCUT2D eigenvalue weighted by Crippen LogP contribution is 2.45. The van der Waals surface area contributed by atoms with Crippen molar-refractivity contribution < 1.29 is 18.0 Å². The van der Waals surface area contributed by atoms with Crippen LogP contribution in [0.4, 0.5) is 13.2 Å². The average Bonchev–Trinajstić information content (AvgIpc) is 3.35. The van der Waals surface area contributed by atoms with Crippen molar-refractivity contribution >= 4 is 28.8 Å². The van der Waals surface area contributed by atoms with Crippen molar-refractivity contribution in [3.63, 3.8) is 0 Å². The fraction of sp³-hybridized carbons (Fsp3) is 0.304. The second kappa shape index (κ2) is 8.75. The zero-order valence-electron chi connectivity index (χ0n) is 17.3. The van der Waals surface area contributed by atoms with E-state index >= 15 is 0 Å². The number of thiophene rings is 1. The van der Waals surface area contributed by atoms with E-state index in [1.807, 2.05) is 19.1 Å². The minimum Gasteiger partial charge on any atom is -0.333 e. The Morgan fingerprint density at radius 2 is 2.06 bits per heavy atom. The van der Waals surface area contributed by atoms with E-state index in [-0.39, 0.29) is 17.4 Å². The zero-order valence-corrected chi connectivity index (χ0v) is 18.9. The second-order valence-electron chi connectivity index (χ2n) is 7.64. The van der Waals surface area contributed by atoms with Crippen molar-refractivity contribution in [1.29, 1.82) is 0 Å². The summed E-state index contributed by atoms with van der Waals surface area (Å²) in [7, 11) is 0. The van der Waals surface area contributed by atoms with E-state index in [1.165, 1.54) is 28.3 Å². The van der Waals surface area contributed by atoms with E-state index in [9.17, 15) is 18.0 Å². The Balaban J connectivity index is 1.88. The number of amides is 1. The third-order valence-electron chi connectivity index (χ3n) is 5.52. The summed E-state index contributed by atoms with van der Waals surface area (Å²) in [5, 5.41) is 3.83. The van der Waals surface area contributed by atoms with Crippen LogP contribution in [-0.2, 0) is 24.1 Å². The highest BCUT2D eigenvalue weighted by atomic mass is 35.5. The van der Waals surface area contributed by atoms with Gasteiger partial charge in [0.05, 0.1) is 10.9 Å². The quantitative estimate of drug-likeness (QED) is 0.400. The number of benzene rings is 1. The van der Waals surface area contributed by atoms with Crippen molar-refractivity contribution in [2.24, 2.45) is 0 Å². The fourth-order valence-electron chi connectivity index (χ4n) is 4.16. The summed E-state index contributed by atoms with van der Waals surface area (Å²) in [5.41, 5.74) is 1.23. The number of halogens is 4. The lowest BCUT2D eigenvalue weighted by Crippen LogP contribution is -2.37. The molecule has 168 valence electrons. The summed E-state index contributed by atoms with van der Waals surface area (Å²) in [5.74, 6) is -0.549. The van der Waals surface area contributed by atoms with Crippen LogP contribution < -0.4 is 0 Å². The van der Waals surface area contributed by atoms with Crippen LogP contribution >= 0.6 is 22.9 Å². The molecule has 0 saturated heterocycles. The first-order valence-electron chi connectivity index (χ1n) is 10.2. The Hall–Kier alpha value is -2.58. The Morgan fingerprint density at radius 3 is 2.75 bits per heavy atom. The standard InChI is InChI=1S/C23H21ClF3N3OS/c1-3-9-30-12-18(22(28-30)23(25,26)27)15-8-6-5-7-14(15)17-11-29(21(31)4-2)13-19-16(17)10-20(24)32-19/h4-8,10,12,17H,2-3,9,11,13H2,1H3/t17-/m1/s1. The molecule has 4 rings (SSSR count). The fourth-order valence-corrected chi connectivity index (χ4v) is 5.52. The highest BCUT2D eigenvalue weighted by molar-refractivity contribution is 7.16. The van der Waals surface area contributed by atoms with Gasteiger partial charge < -0.3 is 4.90 Å². The first-order chi connectivity index (χ1) is 15.2. The van der Waals surface area contributed by atoms with E-state index in [2.05, 4.69) is 11.7 Å². The molecule has 1 aliphatic heterocycles. The summed E-state index contributed by atoms with van der Waals surface area (Å²) in [6.45, 7) is 6.57. The van der Waals surface area contributed by atoms with Crippen LogP contribution in [0, 0.1) is 0 Å². The van der Waals surface area contributed by atoms with Crippen molar-refractivity contribution in [2.45, 2.75) is 38.5 Å². The van der Waals surface area contributed by atoms with Crippen LogP contribution in [0.1, 0.15) is 41.0 Å². The molecule has 0 saturated carbocycles. The number of carbonyl (C=O) groups is 1. The van der Waals surface area contributed by atoms with Crippen LogP contribution in [0.5, 0.6) is 0 Å². The van der Waals surface area contributed by atoms with E-state index < -0.39 is 11.9 Å². The minimum atomic E-state index is -4.59. The Morgan fingerprint density at radius 1 is 1.31 bits per heavy atom. The SMILES string of the molecule is C=CC(=O)N1Cc2sc(Cl)cc2[C@@H](c2ccccc2-c2cn(CCC)nc2C(F)(F)F)C1. The first-order valence-corrected chi connectivity index (χ1v) is 11.4. The van der Waals surface area contributed by atoms with E-state index in [4.69, 9.17) is 11.6 Å². The third-order valence-corrected chi connectivity index (χ3v) is 6.78. The number of aromatic nitrogens is 2. The van der Waals surface area contributed by atoms with Crippen LogP contribution in [-0.4, -0.2) is 27.1 Å². The number of aryl methyl sites for hydroxylation is 1. The molecule has 2 aromatic heterocycles. The maximum atomic E-state index is 13.9. The summed E-state index contributed by atoms with van der Waals surface area (Å²) in [4.78, 5) is 15.0. The van der Waals surface area contributed by atoms with Gasteiger partial charge in [-0.3, -0.25) is 9.48 Å². The molecule has 0 fully saturated rings. The second-order valence-corrected chi connectivity index (χ2v) is 9.41. The molecule has 1 atom stereocenters. The molecule has 3 aromatic rings. The molecule has 4 nitrogen and oxygen atoms in total. The predicted molar refractivity (Wildman–Crippen MR) is 120 cm³/mol. The molecule has 0 N–H and O–H groups in total. The van der Waals surface area contributed by atoms with Crippen LogP contribution in [0.25, 0.3) is 11.1 Å². The largest absolute Gasteiger partial charge is 0.435 e. The number of hydrogen-bond acceptors (Lipinski definition) is 3. The average molecular weight is 480 g/mol. The van der Waals surface area contributed by atoms with Gasteiger partial charge in [0, 0.05) is 35.6 Å². The van der Waals surface area contributed by atoms with Gasteiger partial charge in [-0.2, -0.15) is 18.3 Å². The minimum absolute atomic E-state index is 0.0385. The zero-order chi connectivity index (χ0) is 23.0. The molecule has 1 amide bonds. The molecule has 32 heavy (non-hydrogen) atoms. The Kier molecular flexibility index (Phi) is 6.18. The topological polar surface area (TPSA) is 38.1 Å². The van der Waals surface area contributed by atoms with Gasteiger partial charge in [-0.05, 0) is 35.3 Å². The normalized spacial score (nSPS) is 16.2. The van der Waals surface area contributed by atoms with Gasteiger partial charge in [0.2, 0.25) is 5.91 Å². The number of rotatable bonds is 5. The van der Waals surface area contributed by atoms with Gasteiger partial charge in [-0.15, -0.1) is 11.3 Å². The van der Waals surface area contributed by atoms with Gasteiger partial charge in [0.25, 0.3) is 0 Å². The molecule has 1 aliphatic rings. The van der Waals surface area contributed by atoms with Gasteiger partial charge in [-0.1, -0.05) is 49.4 Å². The lowest BCUT2D eigenvalue weighted by atomic mass is 9.84. The molecule has 0 spiro atoms. The van der Waals surface area contributed by atoms with E-state index in [1.54, 1.807) is 23.1 Å². The molecule has 0 unspecified atom stereocenters. The Labute approximate surface area is 192 Å². The molecule has 0 bridgehead atoms. The lowest BCUT2D eigenvalue weighted by Gasteiger charge is -2.33. The molecule has 0 aliphatic carbocycles. The van der Waals surface area contributed by atoms with Gasteiger partial charge >= 0.3 is 6.18 Å². The Bertz CT molecular complexity index is 1170. The van der Waals surface area contributed by atoms with Gasteiger partial charge in [-0.25, -0.2) is 0 Å². The summed E-state index contributed by atoms with van der Waals surface area (Å²) < 4.78 is 43.5. The molecule has 9 heteroatoms. The first kappa shape index (κ1) is 22.6. The van der Waals surface area contributed by atoms with Gasteiger partial charge in [0.15, 0.2) is 5.69 Å². The summed E-state index contributed by atoms with van der Waals surface area (Å²) in [6.07, 6.45) is -1.21. The number of fused-ring (bicyclic) bond motifs is 1. The number of alkyl halides is 3. The van der Waals surface area contributed by atoms with E-state index in [0.29, 0.717) is 41.5 Å². The number of carbonyl (C=O) groups excluding carboxylic acids is 1. The number of hydrogen-bond donors (Lipinski definition) is 0. The van der Waals surface area contributed by atoms with Crippen LogP contribution in [0.2, 0.25) is 4.34 Å². The third kappa shape index (κ3) is 4.21.